The van der Waals surface area contributed by atoms with Gasteiger partial charge in [0.1, 0.15) is 5.75 Å². The lowest BCUT2D eigenvalue weighted by atomic mass is 9.92. The van der Waals surface area contributed by atoms with Crippen molar-refractivity contribution in [2.45, 2.75) is 45.6 Å². The standard InChI is InChI=1S/C18H28N2O2/c1-14-5-7-17(8-6-14)22-12-4-3-10-20-18(21)16-9-11-19-15(2)13-16/h5-8,15-16,19H,3-4,9-13H2,1-2H3,(H,20,21)/t15-,16-/m0/s1. The van der Waals surface area contributed by atoms with Crippen LogP contribution in [0.25, 0.3) is 0 Å². The third-order valence-corrected chi connectivity index (χ3v) is 4.15. The summed E-state index contributed by atoms with van der Waals surface area (Å²) in [7, 11) is 0. The molecule has 0 unspecified atom stereocenters. The highest BCUT2D eigenvalue weighted by Crippen LogP contribution is 2.16. The molecule has 22 heavy (non-hydrogen) atoms. The van der Waals surface area contributed by atoms with Gasteiger partial charge in [0.2, 0.25) is 5.91 Å². The van der Waals surface area contributed by atoms with E-state index in [1.54, 1.807) is 0 Å². The third kappa shape index (κ3) is 5.68. The van der Waals surface area contributed by atoms with Crippen molar-refractivity contribution in [1.29, 1.82) is 0 Å². The minimum atomic E-state index is 0.181. The molecule has 1 aliphatic heterocycles. The van der Waals surface area contributed by atoms with Crippen LogP contribution < -0.4 is 15.4 Å². The predicted octanol–water partition coefficient (Wildman–Crippen LogP) is 2.66. The van der Waals surface area contributed by atoms with Crippen LogP contribution in [0.4, 0.5) is 0 Å². The molecule has 0 aliphatic carbocycles. The molecule has 1 aromatic carbocycles. The molecule has 0 spiro atoms. The van der Waals surface area contributed by atoms with E-state index in [0.29, 0.717) is 12.6 Å². The van der Waals surface area contributed by atoms with Gasteiger partial charge in [-0.15, -0.1) is 0 Å². The maximum atomic E-state index is 12.1. The minimum absolute atomic E-state index is 0.181. The van der Waals surface area contributed by atoms with E-state index < -0.39 is 0 Å². The number of unbranched alkanes of at least 4 members (excludes halogenated alkanes) is 1. The Labute approximate surface area is 133 Å². The minimum Gasteiger partial charge on any atom is -0.494 e. The van der Waals surface area contributed by atoms with Crippen molar-refractivity contribution in [2.24, 2.45) is 5.92 Å². The third-order valence-electron chi connectivity index (χ3n) is 4.15. The number of carbonyl (C=O) groups is 1. The summed E-state index contributed by atoms with van der Waals surface area (Å²) in [6, 6.07) is 8.54. The van der Waals surface area contributed by atoms with Crippen molar-refractivity contribution in [3.8, 4) is 5.75 Å². The average molecular weight is 304 g/mol. The molecule has 1 amide bonds. The van der Waals surface area contributed by atoms with Gasteiger partial charge in [-0.2, -0.15) is 0 Å². The zero-order chi connectivity index (χ0) is 15.8. The Hall–Kier alpha value is -1.55. The lowest BCUT2D eigenvalue weighted by Crippen LogP contribution is -2.42. The van der Waals surface area contributed by atoms with Crippen LogP contribution in [0.2, 0.25) is 0 Å². The first-order chi connectivity index (χ1) is 10.6. The summed E-state index contributed by atoms with van der Waals surface area (Å²) >= 11 is 0. The Balaban J connectivity index is 1.53. The maximum Gasteiger partial charge on any atom is 0.223 e. The van der Waals surface area contributed by atoms with Gasteiger partial charge in [0.15, 0.2) is 0 Å². The van der Waals surface area contributed by atoms with Gasteiger partial charge >= 0.3 is 0 Å². The van der Waals surface area contributed by atoms with Gasteiger partial charge in [0.05, 0.1) is 6.61 Å². The number of hydrogen-bond donors (Lipinski definition) is 2. The quantitative estimate of drug-likeness (QED) is 0.762. The molecule has 4 heteroatoms. The predicted molar refractivity (Wildman–Crippen MR) is 89.1 cm³/mol. The Kier molecular flexibility index (Phi) is 6.72. The summed E-state index contributed by atoms with van der Waals surface area (Å²) in [5.41, 5.74) is 1.24. The van der Waals surface area contributed by atoms with Gasteiger partial charge in [0, 0.05) is 18.5 Å². The molecule has 4 nitrogen and oxygen atoms in total. The number of benzene rings is 1. The molecule has 122 valence electrons. The van der Waals surface area contributed by atoms with Crippen LogP contribution in [0, 0.1) is 12.8 Å². The molecule has 0 saturated carbocycles. The van der Waals surface area contributed by atoms with Crippen LogP contribution in [-0.4, -0.2) is 31.6 Å². The molecule has 1 saturated heterocycles. The zero-order valence-electron chi connectivity index (χ0n) is 13.7. The fourth-order valence-corrected chi connectivity index (χ4v) is 2.78. The SMILES string of the molecule is Cc1ccc(OCCCCNC(=O)[C@H]2CCN[C@@H](C)C2)cc1. The number of aryl methyl sites for hydroxylation is 1. The Morgan fingerprint density at radius 2 is 2.09 bits per heavy atom. The number of carbonyl (C=O) groups excluding carboxylic acids is 1. The highest BCUT2D eigenvalue weighted by atomic mass is 16.5. The maximum absolute atomic E-state index is 12.1. The monoisotopic (exact) mass is 304 g/mol. The Morgan fingerprint density at radius 3 is 2.82 bits per heavy atom. The first kappa shape index (κ1) is 16.8. The Bertz CT molecular complexity index is 459. The summed E-state index contributed by atoms with van der Waals surface area (Å²) in [4.78, 5) is 12.1. The van der Waals surface area contributed by atoms with Crippen molar-refractivity contribution >= 4 is 5.91 Å². The second-order valence-corrected chi connectivity index (χ2v) is 6.24. The number of ether oxygens (including phenoxy) is 1. The van der Waals surface area contributed by atoms with Crippen LogP contribution in [0.5, 0.6) is 5.75 Å². The van der Waals surface area contributed by atoms with E-state index in [0.717, 1.165) is 44.5 Å². The number of hydrogen-bond acceptors (Lipinski definition) is 3. The van der Waals surface area contributed by atoms with Gasteiger partial charge < -0.3 is 15.4 Å². The molecular weight excluding hydrogens is 276 g/mol. The van der Waals surface area contributed by atoms with Gasteiger partial charge in [0.25, 0.3) is 0 Å². The molecule has 0 radical (unpaired) electrons. The molecule has 1 fully saturated rings. The molecule has 0 aromatic heterocycles. The van der Waals surface area contributed by atoms with Crippen LogP contribution in [0.1, 0.15) is 38.2 Å². The molecule has 1 aromatic rings. The van der Waals surface area contributed by atoms with E-state index in [1.807, 2.05) is 12.1 Å². The fourth-order valence-electron chi connectivity index (χ4n) is 2.78. The second-order valence-electron chi connectivity index (χ2n) is 6.24. The van der Waals surface area contributed by atoms with Crippen molar-refractivity contribution < 1.29 is 9.53 Å². The summed E-state index contributed by atoms with van der Waals surface area (Å²) in [5, 5.41) is 6.43. The zero-order valence-corrected chi connectivity index (χ0v) is 13.7. The van der Waals surface area contributed by atoms with Gasteiger partial charge in [-0.3, -0.25) is 4.79 Å². The number of rotatable bonds is 7. The van der Waals surface area contributed by atoms with E-state index >= 15 is 0 Å². The van der Waals surface area contributed by atoms with Crippen molar-refractivity contribution in [3.63, 3.8) is 0 Å². The van der Waals surface area contributed by atoms with Crippen molar-refractivity contribution in [2.75, 3.05) is 19.7 Å². The highest BCUT2D eigenvalue weighted by molar-refractivity contribution is 5.78. The molecule has 1 heterocycles. The van der Waals surface area contributed by atoms with Crippen LogP contribution >= 0.6 is 0 Å². The first-order valence-electron chi connectivity index (χ1n) is 8.35. The summed E-state index contributed by atoms with van der Waals surface area (Å²) in [6.07, 6.45) is 3.81. The van der Waals surface area contributed by atoms with Crippen molar-refractivity contribution in [1.82, 2.24) is 10.6 Å². The number of nitrogens with one attached hydrogen (secondary N) is 2. The van der Waals surface area contributed by atoms with E-state index in [2.05, 4.69) is 36.6 Å². The highest BCUT2D eigenvalue weighted by Gasteiger charge is 2.23. The smallest absolute Gasteiger partial charge is 0.223 e. The molecule has 2 rings (SSSR count). The van der Waals surface area contributed by atoms with Gasteiger partial charge in [-0.25, -0.2) is 0 Å². The summed E-state index contributed by atoms with van der Waals surface area (Å²) in [5.74, 6) is 1.31. The number of amides is 1. The summed E-state index contributed by atoms with van der Waals surface area (Å²) < 4.78 is 5.68. The molecule has 1 aliphatic rings. The molecular formula is C18H28N2O2. The van der Waals surface area contributed by atoms with Gasteiger partial charge in [-0.1, -0.05) is 17.7 Å². The Morgan fingerprint density at radius 1 is 1.32 bits per heavy atom. The molecule has 0 bridgehead atoms. The topological polar surface area (TPSA) is 50.4 Å². The van der Waals surface area contributed by atoms with Crippen molar-refractivity contribution in [3.05, 3.63) is 29.8 Å². The van der Waals surface area contributed by atoms with E-state index in [-0.39, 0.29) is 11.8 Å². The molecule has 2 atom stereocenters. The van der Waals surface area contributed by atoms with E-state index in [1.165, 1.54) is 5.56 Å². The lowest BCUT2D eigenvalue weighted by Gasteiger charge is -2.27. The second kappa shape index (κ2) is 8.79. The van der Waals surface area contributed by atoms with Crippen LogP contribution in [0.3, 0.4) is 0 Å². The summed E-state index contributed by atoms with van der Waals surface area (Å²) in [6.45, 7) is 6.60. The van der Waals surface area contributed by atoms with E-state index in [4.69, 9.17) is 4.74 Å². The van der Waals surface area contributed by atoms with Crippen LogP contribution in [0.15, 0.2) is 24.3 Å². The molecule has 2 N–H and O–H groups in total. The largest absolute Gasteiger partial charge is 0.494 e. The van der Waals surface area contributed by atoms with Crippen LogP contribution in [-0.2, 0) is 4.79 Å². The number of piperidine rings is 1. The average Bonchev–Trinajstić information content (AvgIpc) is 2.52. The fraction of sp³-hybridized carbons (Fsp3) is 0.611. The normalized spacial score (nSPS) is 21.4. The van der Waals surface area contributed by atoms with Gasteiger partial charge in [-0.05, 0) is 58.2 Å². The first-order valence-corrected chi connectivity index (χ1v) is 8.35. The lowest BCUT2D eigenvalue weighted by molar-refractivity contribution is -0.126. The van der Waals surface area contributed by atoms with E-state index in [9.17, 15) is 4.79 Å².